The SMILES string of the molecule is CCCCCCCCCCCCCCCCCCCCCCCCC(=O)O[C@H](COC(=O)CCCCCCCCCCCCCCCCCCCCC(C)C)COP(=O)(O)OC[C@@H](O)COP(=O)(O)OC[C@@H](COC(=O)CCCCCCCCC(C)C)OC(=O)CCCCCCCCC(C)C. The van der Waals surface area contributed by atoms with Gasteiger partial charge >= 0.3 is 39.5 Å². The number of ether oxygens (including phenoxy) is 4. The van der Waals surface area contributed by atoms with Gasteiger partial charge in [0.15, 0.2) is 12.2 Å². The first kappa shape index (κ1) is 99.1. The summed E-state index contributed by atoms with van der Waals surface area (Å²) in [5.41, 5.74) is 0. The van der Waals surface area contributed by atoms with Gasteiger partial charge in [-0.05, 0) is 43.4 Å². The van der Waals surface area contributed by atoms with Crippen LogP contribution in [-0.4, -0.2) is 96.7 Å². The van der Waals surface area contributed by atoms with E-state index in [4.69, 9.17) is 37.0 Å². The maximum Gasteiger partial charge on any atom is 0.472 e. The van der Waals surface area contributed by atoms with Crippen LogP contribution in [0.4, 0.5) is 0 Å². The monoisotopic (exact) mass is 1480 g/mol. The molecule has 600 valence electrons. The Labute approximate surface area is 619 Å². The number of unbranched alkanes of at least 4 members (excludes halogenated alkanes) is 48. The molecule has 3 N–H and O–H groups in total. The summed E-state index contributed by atoms with van der Waals surface area (Å²) < 4.78 is 68.6. The average molecular weight is 1480 g/mol. The molecule has 0 bridgehead atoms. The number of aliphatic hydroxyl groups excluding tert-OH is 1. The first-order chi connectivity index (χ1) is 48.7. The standard InChI is InChI=1S/C82H160O17P2/c1-8-9-10-11-12-13-14-15-16-17-18-19-20-21-26-29-32-35-38-41-51-58-65-81(86)98-77(69-92-79(84)63-56-49-40-37-34-31-28-25-23-22-24-27-30-33-36-39-46-53-60-73(2)3)71-96-100(88,89)94-67-76(83)68-95-101(90,91)97-72-78(99-82(87)66-59-52-45-43-48-55-62-75(6)7)70-93-80(85)64-57-50-44-42-47-54-61-74(4)5/h73-78,83H,8-72H2,1-7H3,(H,88,89)(H,90,91)/t76-,77-,78-/m1/s1. The Balaban J connectivity index is 5.14. The lowest BCUT2D eigenvalue weighted by Crippen LogP contribution is -2.30. The van der Waals surface area contributed by atoms with E-state index < -0.39 is 97.5 Å². The zero-order chi connectivity index (χ0) is 74.4. The Bertz CT molecular complexity index is 1960. The molecule has 0 fully saturated rings. The summed E-state index contributed by atoms with van der Waals surface area (Å²) in [6.07, 6.45) is 61.8. The molecule has 0 heterocycles. The normalized spacial score (nSPS) is 14.0. The summed E-state index contributed by atoms with van der Waals surface area (Å²) in [6.45, 7) is 11.8. The largest absolute Gasteiger partial charge is 0.472 e. The number of aliphatic hydroxyl groups is 1. The van der Waals surface area contributed by atoms with Gasteiger partial charge in [-0.3, -0.25) is 37.3 Å². The highest BCUT2D eigenvalue weighted by Gasteiger charge is 2.30. The van der Waals surface area contributed by atoms with Gasteiger partial charge in [0.1, 0.15) is 19.3 Å². The van der Waals surface area contributed by atoms with Crippen molar-refractivity contribution in [2.24, 2.45) is 17.8 Å². The lowest BCUT2D eigenvalue weighted by molar-refractivity contribution is -0.161. The van der Waals surface area contributed by atoms with E-state index in [0.29, 0.717) is 37.5 Å². The molecule has 0 amide bonds. The van der Waals surface area contributed by atoms with Gasteiger partial charge in [0.25, 0.3) is 0 Å². The van der Waals surface area contributed by atoms with Crippen molar-refractivity contribution in [2.45, 2.75) is 446 Å². The van der Waals surface area contributed by atoms with Crippen molar-refractivity contribution >= 4 is 39.5 Å². The van der Waals surface area contributed by atoms with Crippen LogP contribution in [0, 0.1) is 17.8 Å². The fourth-order valence-electron chi connectivity index (χ4n) is 12.7. The van der Waals surface area contributed by atoms with E-state index in [-0.39, 0.29) is 25.7 Å². The Morgan fingerprint density at radius 3 is 0.673 bits per heavy atom. The molecule has 17 nitrogen and oxygen atoms in total. The van der Waals surface area contributed by atoms with Gasteiger partial charge in [0, 0.05) is 25.7 Å². The zero-order valence-corrected chi connectivity index (χ0v) is 68.2. The molecule has 0 spiro atoms. The predicted molar refractivity (Wildman–Crippen MR) is 414 cm³/mol. The van der Waals surface area contributed by atoms with E-state index in [1.54, 1.807) is 0 Å². The van der Waals surface area contributed by atoms with E-state index in [1.165, 1.54) is 231 Å². The lowest BCUT2D eigenvalue weighted by atomic mass is 10.0. The molecule has 0 aromatic rings. The maximum atomic E-state index is 13.1. The van der Waals surface area contributed by atoms with Crippen LogP contribution < -0.4 is 0 Å². The minimum atomic E-state index is -4.96. The Morgan fingerprint density at radius 1 is 0.267 bits per heavy atom. The Kier molecular flexibility index (Phi) is 70.9. The molecule has 5 atom stereocenters. The number of esters is 4. The third-order valence-corrected chi connectivity index (χ3v) is 21.0. The molecule has 101 heavy (non-hydrogen) atoms. The van der Waals surface area contributed by atoms with E-state index in [9.17, 15) is 43.2 Å². The molecule has 0 aliphatic carbocycles. The van der Waals surface area contributed by atoms with Gasteiger partial charge in [0.2, 0.25) is 0 Å². The molecule has 0 saturated carbocycles. The third kappa shape index (κ3) is 76.1. The van der Waals surface area contributed by atoms with Gasteiger partial charge in [-0.2, -0.15) is 0 Å². The smallest absolute Gasteiger partial charge is 0.462 e. The second-order valence-electron chi connectivity index (χ2n) is 30.9. The summed E-state index contributed by atoms with van der Waals surface area (Å²) >= 11 is 0. The molecular weight excluding hydrogens is 1320 g/mol. The van der Waals surface area contributed by atoms with Gasteiger partial charge in [-0.1, -0.05) is 376 Å². The van der Waals surface area contributed by atoms with Crippen LogP contribution in [0.25, 0.3) is 0 Å². The highest BCUT2D eigenvalue weighted by atomic mass is 31.2. The second-order valence-corrected chi connectivity index (χ2v) is 33.8. The number of hydrogen-bond donors (Lipinski definition) is 3. The van der Waals surface area contributed by atoms with Crippen molar-refractivity contribution in [3.05, 3.63) is 0 Å². The van der Waals surface area contributed by atoms with Crippen LogP contribution in [0.15, 0.2) is 0 Å². The first-order valence-electron chi connectivity index (χ1n) is 42.3. The van der Waals surface area contributed by atoms with Gasteiger partial charge in [-0.25, -0.2) is 9.13 Å². The van der Waals surface area contributed by atoms with Crippen LogP contribution in [0.3, 0.4) is 0 Å². The second kappa shape index (κ2) is 72.3. The highest BCUT2D eigenvalue weighted by molar-refractivity contribution is 7.47. The van der Waals surface area contributed by atoms with Crippen molar-refractivity contribution in [3.8, 4) is 0 Å². The average Bonchev–Trinajstić information content (AvgIpc) is 0.941. The van der Waals surface area contributed by atoms with Crippen molar-refractivity contribution < 1.29 is 80.2 Å². The van der Waals surface area contributed by atoms with Crippen molar-refractivity contribution in [1.29, 1.82) is 0 Å². The number of carbonyl (C=O) groups excluding carboxylic acids is 4. The number of phosphoric acid groups is 2. The van der Waals surface area contributed by atoms with E-state index in [2.05, 4.69) is 48.5 Å². The molecule has 19 heteroatoms. The van der Waals surface area contributed by atoms with Crippen LogP contribution in [0.1, 0.15) is 427 Å². The van der Waals surface area contributed by atoms with Crippen LogP contribution in [-0.2, 0) is 65.4 Å². The van der Waals surface area contributed by atoms with Gasteiger partial charge < -0.3 is 33.8 Å². The van der Waals surface area contributed by atoms with E-state index >= 15 is 0 Å². The first-order valence-corrected chi connectivity index (χ1v) is 45.3. The maximum absolute atomic E-state index is 13.1. The minimum absolute atomic E-state index is 0.101. The van der Waals surface area contributed by atoms with Gasteiger partial charge in [-0.15, -0.1) is 0 Å². The fraction of sp³-hybridized carbons (Fsp3) is 0.951. The molecular formula is C82H160O17P2. The quantitative estimate of drug-likeness (QED) is 0.0222. The van der Waals surface area contributed by atoms with Crippen LogP contribution in [0.2, 0.25) is 0 Å². The Hall–Kier alpha value is -1.94. The van der Waals surface area contributed by atoms with Gasteiger partial charge in [0.05, 0.1) is 26.4 Å². The van der Waals surface area contributed by atoms with Crippen molar-refractivity contribution in [1.82, 2.24) is 0 Å². The van der Waals surface area contributed by atoms with Crippen molar-refractivity contribution in [2.75, 3.05) is 39.6 Å². The highest BCUT2D eigenvalue weighted by Crippen LogP contribution is 2.45. The fourth-order valence-corrected chi connectivity index (χ4v) is 14.2. The number of phosphoric ester groups is 2. The van der Waals surface area contributed by atoms with E-state index in [0.717, 1.165) is 102 Å². The molecule has 2 unspecified atom stereocenters. The molecule has 0 saturated heterocycles. The number of hydrogen-bond acceptors (Lipinski definition) is 15. The zero-order valence-electron chi connectivity index (χ0n) is 66.4. The molecule has 0 aliphatic heterocycles. The van der Waals surface area contributed by atoms with Crippen LogP contribution in [0.5, 0.6) is 0 Å². The molecule has 0 aromatic carbocycles. The van der Waals surface area contributed by atoms with E-state index in [1.807, 2.05) is 0 Å². The third-order valence-electron chi connectivity index (χ3n) is 19.1. The molecule has 0 rings (SSSR count). The van der Waals surface area contributed by atoms with Crippen molar-refractivity contribution in [3.63, 3.8) is 0 Å². The summed E-state index contributed by atoms with van der Waals surface area (Å²) in [6, 6.07) is 0. The summed E-state index contributed by atoms with van der Waals surface area (Å²) in [5, 5.41) is 10.6. The molecule has 0 aliphatic rings. The summed E-state index contributed by atoms with van der Waals surface area (Å²) in [4.78, 5) is 72.9. The predicted octanol–water partition coefficient (Wildman–Crippen LogP) is 24.5. The lowest BCUT2D eigenvalue weighted by Gasteiger charge is -2.21. The summed E-state index contributed by atoms with van der Waals surface area (Å²) in [7, 11) is -9.92. The van der Waals surface area contributed by atoms with Crippen LogP contribution >= 0.6 is 15.6 Å². The summed E-state index contributed by atoms with van der Waals surface area (Å²) in [5.74, 6) is 0.0517. The number of carbonyl (C=O) groups is 4. The minimum Gasteiger partial charge on any atom is -0.462 e. The number of rotatable bonds is 80. The molecule has 0 aromatic heterocycles. The Morgan fingerprint density at radius 2 is 0.455 bits per heavy atom. The topological polar surface area (TPSA) is 237 Å². The molecule has 0 radical (unpaired) electrons.